The molecule has 2 amide bonds. The number of benzene rings is 3. The number of nitrogens with zero attached hydrogens (tertiary/aromatic N) is 1. The number of carbonyl (C=O) groups excluding carboxylic acids is 4. The van der Waals surface area contributed by atoms with E-state index in [0.717, 1.165) is 9.37 Å². The lowest BCUT2D eigenvalue weighted by Crippen LogP contribution is -2.51. The molecule has 2 saturated heterocycles. The van der Waals surface area contributed by atoms with Gasteiger partial charge < -0.3 is 4.74 Å². The lowest BCUT2D eigenvalue weighted by molar-refractivity contribution is -0.127. The van der Waals surface area contributed by atoms with Crippen LogP contribution in [0.2, 0.25) is 10.0 Å². The minimum atomic E-state index is -2.15. The average molecular weight is 571 g/mol. The van der Waals surface area contributed by atoms with Crippen LogP contribution in [-0.2, 0) is 14.3 Å². The quantitative estimate of drug-likeness (QED) is 0.302. The summed E-state index contributed by atoms with van der Waals surface area (Å²) in [5.41, 5.74) is -1.11. The number of fused-ring (bicyclic) bond motifs is 3. The van der Waals surface area contributed by atoms with E-state index in [4.69, 9.17) is 27.9 Å². The van der Waals surface area contributed by atoms with Gasteiger partial charge in [-0.3, -0.25) is 19.2 Å². The Hall–Kier alpha value is -2.84. The van der Waals surface area contributed by atoms with Gasteiger partial charge in [0.25, 0.3) is 0 Å². The summed E-state index contributed by atoms with van der Waals surface area (Å²) in [5, 5.41) is 0.574. The number of anilines is 1. The Kier molecular flexibility index (Phi) is 5.06. The molecular weight excluding hydrogens is 557 g/mol. The maximum atomic E-state index is 13.9. The average Bonchev–Trinajstić information content (AvgIpc) is 3.40. The van der Waals surface area contributed by atoms with Crippen LogP contribution in [0.3, 0.4) is 0 Å². The fourth-order valence-electron chi connectivity index (χ4n) is 5.38. The van der Waals surface area contributed by atoms with Gasteiger partial charge in [0.05, 0.1) is 23.6 Å². The molecule has 0 unspecified atom stereocenters. The molecule has 0 saturated carbocycles. The zero-order chi connectivity index (χ0) is 24.6. The molecule has 1 spiro atoms. The largest absolute Gasteiger partial charge is 0.349 e. The van der Waals surface area contributed by atoms with Gasteiger partial charge >= 0.3 is 0 Å². The third-order valence-electron chi connectivity index (χ3n) is 6.87. The Morgan fingerprint density at radius 2 is 1.46 bits per heavy atom. The standard InChI is InChI=1S/C26H14BrCl2NO5/c27-12-5-8-14(9-6-12)30-24(33)19-20(25(30)34)26(22(31)15-3-1-2-4-16(15)23(26)32)35-21(19)17-10-7-13(28)11-18(17)29/h1-11,19-21H/t19-,20-,21+/m1/s1. The number of amides is 2. The number of hydrogen-bond acceptors (Lipinski definition) is 5. The van der Waals surface area contributed by atoms with E-state index in [-0.39, 0.29) is 16.1 Å². The summed E-state index contributed by atoms with van der Waals surface area (Å²) in [6.07, 6.45) is -1.11. The number of ketones is 2. The molecule has 0 aromatic heterocycles. The third-order valence-corrected chi connectivity index (χ3v) is 7.96. The summed E-state index contributed by atoms with van der Waals surface area (Å²) in [6.45, 7) is 0. The summed E-state index contributed by atoms with van der Waals surface area (Å²) in [5.74, 6) is -4.95. The van der Waals surface area contributed by atoms with E-state index in [0.29, 0.717) is 16.3 Å². The molecule has 3 aromatic carbocycles. The number of carbonyl (C=O) groups is 4. The smallest absolute Gasteiger partial charge is 0.241 e. The molecule has 6 nitrogen and oxygen atoms in total. The summed E-state index contributed by atoms with van der Waals surface area (Å²) in [7, 11) is 0. The maximum absolute atomic E-state index is 13.9. The second-order valence-electron chi connectivity index (χ2n) is 8.64. The van der Waals surface area contributed by atoms with Gasteiger partial charge in [-0.05, 0) is 36.4 Å². The fourth-order valence-corrected chi connectivity index (χ4v) is 6.16. The highest BCUT2D eigenvalue weighted by molar-refractivity contribution is 9.10. The number of rotatable bonds is 2. The maximum Gasteiger partial charge on any atom is 0.241 e. The first-order chi connectivity index (χ1) is 16.8. The van der Waals surface area contributed by atoms with Gasteiger partial charge in [-0.1, -0.05) is 69.5 Å². The minimum Gasteiger partial charge on any atom is -0.349 e. The van der Waals surface area contributed by atoms with Gasteiger partial charge in [-0.15, -0.1) is 0 Å². The summed E-state index contributed by atoms with van der Waals surface area (Å²) < 4.78 is 7.00. The Morgan fingerprint density at radius 3 is 2.06 bits per heavy atom. The van der Waals surface area contributed by atoms with Crippen molar-refractivity contribution in [3.8, 4) is 0 Å². The first-order valence-corrected chi connectivity index (χ1v) is 12.3. The second kappa shape index (κ2) is 7.83. The van der Waals surface area contributed by atoms with Crippen LogP contribution in [0.25, 0.3) is 0 Å². The molecule has 35 heavy (non-hydrogen) atoms. The van der Waals surface area contributed by atoms with Gasteiger partial charge in [-0.25, -0.2) is 4.90 Å². The summed E-state index contributed by atoms with van der Waals surface area (Å²) in [6, 6.07) is 17.6. The van der Waals surface area contributed by atoms with E-state index < -0.39 is 46.9 Å². The SMILES string of the molecule is O=C1[C@H]2[C@H](c3ccc(Cl)cc3Cl)OC3(C(=O)c4ccccc4C3=O)[C@H]2C(=O)N1c1ccc(Br)cc1. The monoisotopic (exact) mass is 569 g/mol. The highest BCUT2D eigenvalue weighted by atomic mass is 79.9. The molecule has 3 aromatic rings. The molecular formula is C26H14BrCl2NO5. The van der Waals surface area contributed by atoms with Crippen LogP contribution >= 0.6 is 39.1 Å². The van der Waals surface area contributed by atoms with Crippen molar-refractivity contribution in [1.29, 1.82) is 0 Å². The molecule has 0 bridgehead atoms. The molecule has 174 valence electrons. The first-order valence-electron chi connectivity index (χ1n) is 10.7. The van der Waals surface area contributed by atoms with Crippen molar-refractivity contribution in [2.24, 2.45) is 11.8 Å². The van der Waals surface area contributed by atoms with E-state index in [1.807, 2.05) is 0 Å². The number of halogens is 3. The van der Waals surface area contributed by atoms with Crippen molar-refractivity contribution in [3.05, 3.63) is 97.9 Å². The van der Waals surface area contributed by atoms with Crippen LogP contribution in [-0.4, -0.2) is 29.0 Å². The van der Waals surface area contributed by atoms with Gasteiger partial charge in [0.2, 0.25) is 29.0 Å². The topological polar surface area (TPSA) is 80.8 Å². The van der Waals surface area contributed by atoms with Crippen molar-refractivity contribution in [2.75, 3.05) is 4.90 Å². The predicted molar refractivity (Wildman–Crippen MR) is 132 cm³/mol. The normalized spacial score (nSPS) is 24.4. The van der Waals surface area contributed by atoms with E-state index >= 15 is 0 Å². The lowest BCUT2D eigenvalue weighted by Gasteiger charge is -2.27. The Labute approximate surface area is 217 Å². The van der Waals surface area contributed by atoms with Crippen LogP contribution < -0.4 is 4.90 Å². The molecule has 3 aliphatic rings. The molecule has 3 atom stereocenters. The van der Waals surface area contributed by atoms with E-state index in [9.17, 15) is 19.2 Å². The van der Waals surface area contributed by atoms with Crippen LogP contribution in [0.4, 0.5) is 5.69 Å². The molecule has 2 aliphatic heterocycles. The van der Waals surface area contributed by atoms with E-state index in [1.165, 1.54) is 18.2 Å². The van der Waals surface area contributed by atoms with Crippen molar-refractivity contribution in [1.82, 2.24) is 0 Å². The molecule has 2 fully saturated rings. The fraction of sp³-hybridized carbons (Fsp3) is 0.154. The lowest BCUT2D eigenvalue weighted by atomic mass is 9.77. The second-order valence-corrected chi connectivity index (χ2v) is 10.4. The molecule has 6 rings (SSSR count). The zero-order valence-electron chi connectivity index (χ0n) is 17.7. The predicted octanol–water partition coefficient (Wildman–Crippen LogP) is 5.45. The van der Waals surface area contributed by atoms with Gasteiger partial charge in [0, 0.05) is 31.2 Å². The van der Waals surface area contributed by atoms with Gasteiger partial charge in [0.15, 0.2) is 0 Å². The van der Waals surface area contributed by atoms with E-state index in [2.05, 4.69) is 15.9 Å². The summed E-state index contributed by atoms with van der Waals surface area (Å²) >= 11 is 15.9. The molecule has 2 heterocycles. The zero-order valence-corrected chi connectivity index (χ0v) is 20.8. The number of hydrogen-bond donors (Lipinski definition) is 0. The minimum absolute atomic E-state index is 0.168. The van der Waals surface area contributed by atoms with Crippen LogP contribution in [0, 0.1) is 11.8 Å². The first kappa shape index (κ1) is 22.6. The van der Waals surface area contributed by atoms with Gasteiger partial charge in [0.1, 0.15) is 0 Å². The number of ether oxygens (including phenoxy) is 1. The van der Waals surface area contributed by atoms with Crippen molar-refractivity contribution >= 4 is 68.2 Å². The highest BCUT2D eigenvalue weighted by Crippen LogP contribution is 2.58. The Balaban J connectivity index is 1.56. The van der Waals surface area contributed by atoms with Crippen LogP contribution in [0.15, 0.2) is 71.2 Å². The van der Waals surface area contributed by atoms with Gasteiger partial charge in [-0.2, -0.15) is 0 Å². The third kappa shape index (κ3) is 2.99. The molecule has 9 heteroatoms. The van der Waals surface area contributed by atoms with Crippen LogP contribution in [0.1, 0.15) is 32.4 Å². The Morgan fingerprint density at radius 1 is 0.829 bits per heavy atom. The summed E-state index contributed by atoms with van der Waals surface area (Å²) in [4.78, 5) is 56.2. The van der Waals surface area contributed by atoms with Crippen LogP contribution in [0.5, 0.6) is 0 Å². The van der Waals surface area contributed by atoms with Crippen molar-refractivity contribution in [3.63, 3.8) is 0 Å². The molecule has 1 aliphatic carbocycles. The van der Waals surface area contributed by atoms with E-state index in [1.54, 1.807) is 48.5 Å². The number of Topliss-reactive ketones (excluding diaryl/α,β-unsaturated/α-hetero) is 2. The molecule has 0 N–H and O–H groups in total. The molecule has 0 radical (unpaired) electrons. The van der Waals surface area contributed by atoms with Crippen molar-refractivity contribution < 1.29 is 23.9 Å². The highest BCUT2D eigenvalue weighted by Gasteiger charge is 2.74. The Bertz CT molecular complexity index is 1440. The van der Waals surface area contributed by atoms with Crippen molar-refractivity contribution in [2.45, 2.75) is 11.7 Å². The number of imide groups is 1.